The Morgan fingerprint density at radius 2 is 2.38 bits per heavy atom. The van der Waals surface area contributed by atoms with Crippen LogP contribution in [-0.4, -0.2) is 22.2 Å². The van der Waals surface area contributed by atoms with E-state index in [-0.39, 0.29) is 11.2 Å². The lowest BCUT2D eigenvalue weighted by atomic mass is 10.1. The van der Waals surface area contributed by atoms with Crippen molar-refractivity contribution in [2.75, 3.05) is 5.32 Å². The Morgan fingerprint density at radius 1 is 1.58 bits per heavy atom. The molecule has 1 amide bonds. The quantitative estimate of drug-likeness (QED) is 0.543. The molecule has 0 radical (unpaired) electrons. The van der Waals surface area contributed by atoms with Crippen LogP contribution in [0.1, 0.15) is 23.1 Å². The second-order valence-corrected chi connectivity index (χ2v) is 7.16. The molecule has 1 atom stereocenters. The summed E-state index contributed by atoms with van der Waals surface area (Å²) in [6, 6.07) is 7.20. The first-order chi connectivity index (χ1) is 12.5. The lowest BCUT2D eigenvalue weighted by Gasteiger charge is -2.09. The first-order valence-electron chi connectivity index (χ1n) is 7.75. The van der Waals surface area contributed by atoms with Crippen molar-refractivity contribution in [1.29, 1.82) is 5.26 Å². The molecule has 0 aliphatic carbocycles. The first kappa shape index (κ1) is 18.0. The number of rotatable bonds is 6. The molecule has 3 N–H and O–H groups in total. The Labute approximate surface area is 158 Å². The average Bonchev–Trinajstić information content (AvgIpc) is 3.19. The van der Waals surface area contributed by atoms with E-state index in [0.717, 1.165) is 21.0 Å². The predicted octanol–water partition coefficient (Wildman–Crippen LogP) is 4.23. The number of thiophene rings is 1. The molecule has 26 heavy (non-hydrogen) atoms. The third kappa shape index (κ3) is 3.90. The van der Waals surface area contributed by atoms with E-state index in [4.69, 9.17) is 21.1 Å². The Kier molecular flexibility index (Phi) is 5.30. The zero-order valence-corrected chi connectivity index (χ0v) is 15.3. The summed E-state index contributed by atoms with van der Waals surface area (Å²) < 4.78 is 6.11. The fraction of sp³-hybridized carbons (Fsp3) is 0.235. The van der Waals surface area contributed by atoms with Crippen LogP contribution in [0.5, 0.6) is 0 Å². The Balaban J connectivity index is 1.96. The highest BCUT2D eigenvalue weighted by Crippen LogP contribution is 2.37. The van der Waals surface area contributed by atoms with Gasteiger partial charge in [0.15, 0.2) is 0 Å². The summed E-state index contributed by atoms with van der Waals surface area (Å²) in [4.78, 5) is 15.9. The lowest BCUT2D eigenvalue weighted by molar-refractivity contribution is 0.191. The molecule has 0 aliphatic heterocycles. The first-order valence-corrected chi connectivity index (χ1v) is 8.95. The number of hydrogen-bond acceptors (Lipinski definition) is 6. The van der Waals surface area contributed by atoms with Gasteiger partial charge in [-0.3, -0.25) is 0 Å². The van der Waals surface area contributed by atoms with Gasteiger partial charge in [-0.25, -0.2) is 9.78 Å². The van der Waals surface area contributed by atoms with Crippen LogP contribution >= 0.6 is 22.9 Å². The minimum atomic E-state index is -1.10. The number of nitrogens with zero attached hydrogens (tertiary/aromatic N) is 2. The normalized spacial score (nSPS) is 11.9. The summed E-state index contributed by atoms with van der Waals surface area (Å²) in [5.41, 5.74) is 1.69. The van der Waals surface area contributed by atoms with Gasteiger partial charge in [-0.2, -0.15) is 5.26 Å². The number of amides is 1. The molecule has 0 spiro atoms. The van der Waals surface area contributed by atoms with Gasteiger partial charge in [0.2, 0.25) is 0 Å². The summed E-state index contributed by atoms with van der Waals surface area (Å²) in [6.07, 6.45) is 0.893. The summed E-state index contributed by atoms with van der Waals surface area (Å²) in [7, 11) is 0. The molecule has 0 saturated carbocycles. The maximum absolute atomic E-state index is 10.8. The monoisotopic (exact) mass is 390 g/mol. The third-order valence-corrected chi connectivity index (χ3v) is 5.12. The number of anilines is 1. The van der Waals surface area contributed by atoms with Gasteiger partial charge in [-0.05, 0) is 19.1 Å². The molecule has 134 valence electrons. The summed E-state index contributed by atoms with van der Waals surface area (Å²) in [5.74, 6) is 0.766. The molecular formula is C17H15ClN4O3S. The number of carbonyl (C=O) groups is 1. The molecule has 0 saturated heterocycles. The highest BCUT2D eigenvalue weighted by molar-refractivity contribution is 7.20. The van der Waals surface area contributed by atoms with Crippen LogP contribution in [0.15, 0.2) is 28.9 Å². The number of nitrogens with one attached hydrogen (secondary N) is 2. The van der Waals surface area contributed by atoms with Crippen molar-refractivity contribution < 1.29 is 14.3 Å². The summed E-state index contributed by atoms with van der Waals surface area (Å²) >= 11 is 7.53. The van der Waals surface area contributed by atoms with Crippen LogP contribution in [0.25, 0.3) is 10.2 Å². The van der Waals surface area contributed by atoms with Gasteiger partial charge in [-0.1, -0.05) is 11.6 Å². The van der Waals surface area contributed by atoms with E-state index in [0.29, 0.717) is 24.0 Å². The van der Waals surface area contributed by atoms with E-state index >= 15 is 0 Å². The van der Waals surface area contributed by atoms with Crippen LogP contribution in [-0.2, 0) is 13.0 Å². The molecule has 0 fully saturated rings. The van der Waals surface area contributed by atoms with Crippen molar-refractivity contribution >= 4 is 44.9 Å². The van der Waals surface area contributed by atoms with Crippen LogP contribution in [0.2, 0.25) is 5.15 Å². The van der Waals surface area contributed by atoms with Gasteiger partial charge < -0.3 is 20.2 Å². The number of nitriles is 1. The molecule has 0 aliphatic rings. The minimum absolute atomic E-state index is 0.275. The van der Waals surface area contributed by atoms with Gasteiger partial charge in [0.1, 0.15) is 22.5 Å². The zero-order valence-electron chi connectivity index (χ0n) is 13.7. The van der Waals surface area contributed by atoms with Crippen molar-refractivity contribution in [1.82, 2.24) is 10.3 Å². The summed E-state index contributed by atoms with van der Waals surface area (Å²) in [6.45, 7) is 2.21. The molecule has 7 nitrogen and oxygen atoms in total. The smallest absolute Gasteiger partial charge is 0.404 e. The van der Waals surface area contributed by atoms with Gasteiger partial charge in [-0.15, -0.1) is 11.3 Å². The second-order valence-electron chi connectivity index (χ2n) is 5.67. The van der Waals surface area contributed by atoms with Gasteiger partial charge in [0.25, 0.3) is 0 Å². The Hall–Kier alpha value is -2.76. The maximum atomic E-state index is 10.8. The highest BCUT2D eigenvalue weighted by atomic mass is 35.5. The molecular weight excluding hydrogens is 376 g/mol. The predicted molar refractivity (Wildman–Crippen MR) is 99.7 cm³/mol. The zero-order chi connectivity index (χ0) is 18.7. The average molecular weight is 391 g/mol. The number of hydrogen-bond donors (Lipinski definition) is 3. The van der Waals surface area contributed by atoms with E-state index < -0.39 is 6.09 Å². The SMILES string of the molecule is C[C@@H](Cc1sc2c(NCc3ccco3)cc(Cl)nc2c1C#N)NC(=O)O. The maximum Gasteiger partial charge on any atom is 0.404 e. The van der Waals surface area contributed by atoms with Crippen LogP contribution in [0, 0.1) is 11.3 Å². The van der Waals surface area contributed by atoms with Crippen LogP contribution in [0.3, 0.4) is 0 Å². The molecule has 9 heteroatoms. The van der Waals surface area contributed by atoms with Gasteiger partial charge >= 0.3 is 6.09 Å². The Morgan fingerprint density at radius 3 is 3.04 bits per heavy atom. The molecule has 3 rings (SSSR count). The van der Waals surface area contributed by atoms with Crippen molar-refractivity contribution in [3.05, 3.63) is 45.8 Å². The van der Waals surface area contributed by atoms with Crippen molar-refractivity contribution in [2.24, 2.45) is 0 Å². The molecule has 3 heterocycles. The van der Waals surface area contributed by atoms with Crippen molar-refractivity contribution in [3.8, 4) is 6.07 Å². The highest BCUT2D eigenvalue weighted by Gasteiger charge is 2.19. The van der Waals surface area contributed by atoms with Crippen molar-refractivity contribution in [3.63, 3.8) is 0 Å². The molecule has 0 unspecified atom stereocenters. The number of fused-ring (bicyclic) bond motifs is 1. The third-order valence-electron chi connectivity index (χ3n) is 3.69. The summed E-state index contributed by atoms with van der Waals surface area (Å²) in [5, 5.41) is 24.3. The van der Waals surface area contributed by atoms with E-state index in [1.54, 1.807) is 25.3 Å². The van der Waals surface area contributed by atoms with Gasteiger partial charge in [0, 0.05) is 23.4 Å². The lowest BCUT2D eigenvalue weighted by Crippen LogP contribution is -2.32. The molecule has 3 aromatic rings. The fourth-order valence-corrected chi connectivity index (χ4v) is 4.11. The number of halogens is 1. The van der Waals surface area contributed by atoms with E-state index in [9.17, 15) is 10.1 Å². The molecule has 0 bridgehead atoms. The van der Waals surface area contributed by atoms with Gasteiger partial charge in [0.05, 0.1) is 28.8 Å². The topological polar surface area (TPSA) is 111 Å². The Bertz CT molecular complexity index is 978. The van der Waals surface area contributed by atoms with E-state index in [1.807, 2.05) is 6.07 Å². The standard InChI is InChI=1S/C17H15ClN4O3S/c1-9(21-17(23)24)5-13-11(7-19)15-16(26-13)12(6-14(18)22-15)20-8-10-3-2-4-25-10/h2-4,6,9,21H,5,8H2,1H3,(H,20,22)(H,23,24)/t9-/m0/s1. The second kappa shape index (κ2) is 7.64. The largest absolute Gasteiger partial charge is 0.467 e. The van der Waals surface area contributed by atoms with Crippen LogP contribution in [0.4, 0.5) is 10.5 Å². The van der Waals surface area contributed by atoms with Crippen molar-refractivity contribution in [2.45, 2.75) is 25.9 Å². The molecule has 0 aromatic carbocycles. The number of furan rings is 1. The number of pyridine rings is 1. The van der Waals surface area contributed by atoms with E-state index in [1.165, 1.54) is 11.3 Å². The number of carboxylic acid groups (broad SMARTS) is 1. The molecule has 3 aromatic heterocycles. The minimum Gasteiger partial charge on any atom is -0.467 e. The fourth-order valence-electron chi connectivity index (χ4n) is 2.61. The van der Waals surface area contributed by atoms with E-state index in [2.05, 4.69) is 21.7 Å². The van der Waals surface area contributed by atoms with Crippen LogP contribution < -0.4 is 10.6 Å². The number of aromatic nitrogens is 1.